The summed E-state index contributed by atoms with van der Waals surface area (Å²) < 4.78 is 11.1. The van der Waals surface area contributed by atoms with Gasteiger partial charge in [-0.05, 0) is 12.1 Å². The summed E-state index contributed by atoms with van der Waals surface area (Å²) in [5.74, 6) is 1.31. The number of aromatic nitrogens is 4. The van der Waals surface area contributed by atoms with Gasteiger partial charge >= 0.3 is 0 Å². The average Bonchev–Trinajstić information content (AvgIpc) is 2.74. The van der Waals surface area contributed by atoms with Crippen LogP contribution in [-0.2, 0) is 4.74 Å². The molecule has 4 heterocycles. The number of pyridine rings is 2. The second-order valence-corrected chi connectivity index (χ2v) is 6.22. The predicted molar refractivity (Wildman–Crippen MR) is 103 cm³/mol. The van der Waals surface area contributed by atoms with E-state index < -0.39 is 0 Å². The minimum atomic E-state index is 0.611. The third-order valence-electron chi connectivity index (χ3n) is 4.49. The molecule has 0 atom stereocenters. The van der Waals surface area contributed by atoms with E-state index in [1.54, 1.807) is 18.6 Å². The standard InChI is InChI=1S/C19H22N6O2/c1-20-19-18-16(21-4-5-22-18)12-15(24-19)14-2-3-17(23-13-14)27-11-8-25-6-9-26-10-7-25/h2-5,12-13H,6-11H2,1H3,(H,20,24). The van der Waals surface area contributed by atoms with Crippen LogP contribution in [0.2, 0.25) is 0 Å². The van der Waals surface area contributed by atoms with E-state index in [2.05, 4.69) is 30.2 Å². The highest BCUT2D eigenvalue weighted by atomic mass is 16.5. The minimum Gasteiger partial charge on any atom is -0.476 e. The first-order chi connectivity index (χ1) is 13.3. The fourth-order valence-electron chi connectivity index (χ4n) is 3.02. The Morgan fingerprint density at radius 3 is 2.78 bits per heavy atom. The Kier molecular flexibility index (Phi) is 5.36. The van der Waals surface area contributed by atoms with E-state index >= 15 is 0 Å². The highest BCUT2D eigenvalue weighted by molar-refractivity contribution is 5.88. The van der Waals surface area contributed by atoms with Gasteiger partial charge in [0, 0.05) is 56.9 Å². The molecule has 0 amide bonds. The van der Waals surface area contributed by atoms with E-state index in [-0.39, 0.29) is 0 Å². The van der Waals surface area contributed by atoms with Gasteiger partial charge < -0.3 is 14.8 Å². The lowest BCUT2D eigenvalue weighted by molar-refractivity contribution is 0.0320. The van der Waals surface area contributed by atoms with Crippen molar-refractivity contribution in [2.75, 3.05) is 51.8 Å². The van der Waals surface area contributed by atoms with Crippen molar-refractivity contribution < 1.29 is 9.47 Å². The normalized spacial score (nSPS) is 15.0. The van der Waals surface area contributed by atoms with Crippen LogP contribution >= 0.6 is 0 Å². The predicted octanol–water partition coefficient (Wildman–Crippen LogP) is 1.84. The number of anilines is 1. The summed E-state index contributed by atoms with van der Waals surface area (Å²) in [5.41, 5.74) is 3.23. The lowest BCUT2D eigenvalue weighted by Crippen LogP contribution is -2.38. The summed E-state index contributed by atoms with van der Waals surface area (Å²) >= 11 is 0. The summed E-state index contributed by atoms with van der Waals surface area (Å²) in [7, 11) is 1.82. The molecule has 0 radical (unpaired) electrons. The molecular weight excluding hydrogens is 344 g/mol. The van der Waals surface area contributed by atoms with Gasteiger partial charge in [0.25, 0.3) is 0 Å². The molecule has 8 nitrogen and oxygen atoms in total. The highest BCUT2D eigenvalue weighted by Gasteiger charge is 2.11. The number of nitrogens with zero attached hydrogens (tertiary/aromatic N) is 5. The maximum atomic E-state index is 5.77. The first kappa shape index (κ1) is 17.6. The zero-order valence-electron chi connectivity index (χ0n) is 15.3. The SMILES string of the molecule is CNc1nc(-c2ccc(OCCN3CCOCC3)nc2)cc2nccnc12. The van der Waals surface area contributed by atoms with Gasteiger partial charge in [0.15, 0.2) is 5.82 Å². The van der Waals surface area contributed by atoms with Crippen LogP contribution in [0.1, 0.15) is 0 Å². The molecular formula is C19H22N6O2. The Morgan fingerprint density at radius 1 is 1.15 bits per heavy atom. The molecule has 0 bridgehead atoms. The van der Waals surface area contributed by atoms with E-state index in [0.717, 1.165) is 55.1 Å². The van der Waals surface area contributed by atoms with Gasteiger partial charge in [0.2, 0.25) is 5.88 Å². The van der Waals surface area contributed by atoms with Gasteiger partial charge in [0.1, 0.15) is 12.1 Å². The molecule has 1 aliphatic rings. The first-order valence-electron chi connectivity index (χ1n) is 9.02. The topological polar surface area (TPSA) is 85.3 Å². The number of nitrogens with one attached hydrogen (secondary N) is 1. The summed E-state index contributed by atoms with van der Waals surface area (Å²) in [6.45, 7) is 5.00. The lowest BCUT2D eigenvalue weighted by atomic mass is 10.1. The third-order valence-corrected chi connectivity index (χ3v) is 4.49. The second-order valence-electron chi connectivity index (χ2n) is 6.22. The number of hydrogen-bond acceptors (Lipinski definition) is 8. The van der Waals surface area contributed by atoms with Gasteiger partial charge in [-0.15, -0.1) is 0 Å². The lowest BCUT2D eigenvalue weighted by Gasteiger charge is -2.26. The Labute approximate surface area is 157 Å². The monoisotopic (exact) mass is 366 g/mol. The van der Waals surface area contributed by atoms with Crippen LogP contribution in [0.25, 0.3) is 22.3 Å². The molecule has 3 aromatic rings. The molecule has 0 aliphatic carbocycles. The number of ether oxygens (including phenoxy) is 2. The average molecular weight is 366 g/mol. The second kappa shape index (κ2) is 8.24. The van der Waals surface area contributed by atoms with Crippen LogP contribution in [0.3, 0.4) is 0 Å². The van der Waals surface area contributed by atoms with E-state index in [1.165, 1.54) is 0 Å². The van der Waals surface area contributed by atoms with E-state index in [0.29, 0.717) is 18.3 Å². The minimum absolute atomic E-state index is 0.611. The van der Waals surface area contributed by atoms with Crippen LogP contribution in [-0.4, -0.2) is 71.3 Å². The van der Waals surface area contributed by atoms with Crippen LogP contribution < -0.4 is 10.1 Å². The van der Waals surface area contributed by atoms with Crippen molar-refractivity contribution in [3.8, 4) is 17.1 Å². The number of morpholine rings is 1. The van der Waals surface area contributed by atoms with E-state index in [1.807, 2.05) is 25.2 Å². The molecule has 0 unspecified atom stereocenters. The molecule has 1 N–H and O–H groups in total. The van der Waals surface area contributed by atoms with Crippen molar-refractivity contribution in [2.24, 2.45) is 0 Å². The van der Waals surface area contributed by atoms with Crippen LogP contribution in [0.4, 0.5) is 5.82 Å². The van der Waals surface area contributed by atoms with Gasteiger partial charge in [-0.2, -0.15) is 0 Å². The van der Waals surface area contributed by atoms with Crippen molar-refractivity contribution in [1.29, 1.82) is 0 Å². The molecule has 27 heavy (non-hydrogen) atoms. The Bertz CT molecular complexity index is 896. The molecule has 0 saturated carbocycles. The molecule has 1 saturated heterocycles. The van der Waals surface area contributed by atoms with E-state index in [9.17, 15) is 0 Å². The molecule has 3 aromatic heterocycles. The van der Waals surface area contributed by atoms with Crippen molar-refractivity contribution in [3.63, 3.8) is 0 Å². The van der Waals surface area contributed by atoms with Crippen molar-refractivity contribution in [1.82, 2.24) is 24.8 Å². The maximum Gasteiger partial charge on any atom is 0.213 e. The van der Waals surface area contributed by atoms with Crippen LogP contribution in [0.15, 0.2) is 36.8 Å². The van der Waals surface area contributed by atoms with E-state index in [4.69, 9.17) is 9.47 Å². The Morgan fingerprint density at radius 2 is 2.00 bits per heavy atom. The maximum absolute atomic E-state index is 5.77. The molecule has 0 spiro atoms. The van der Waals surface area contributed by atoms with Crippen molar-refractivity contribution >= 4 is 16.9 Å². The smallest absolute Gasteiger partial charge is 0.213 e. The summed E-state index contributed by atoms with van der Waals surface area (Å²) in [5, 5.41) is 3.08. The molecule has 0 aromatic carbocycles. The molecule has 8 heteroatoms. The fraction of sp³-hybridized carbons (Fsp3) is 0.368. The Hall–Kier alpha value is -2.84. The molecule has 1 fully saturated rings. The highest BCUT2D eigenvalue weighted by Crippen LogP contribution is 2.25. The first-order valence-corrected chi connectivity index (χ1v) is 9.02. The van der Waals surface area contributed by atoms with Gasteiger partial charge in [0.05, 0.1) is 24.4 Å². The number of hydrogen-bond donors (Lipinski definition) is 1. The quantitative estimate of drug-likeness (QED) is 0.707. The zero-order valence-corrected chi connectivity index (χ0v) is 15.3. The molecule has 1 aliphatic heterocycles. The fourth-order valence-corrected chi connectivity index (χ4v) is 3.02. The number of fused-ring (bicyclic) bond motifs is 1. The van der Waals surface area contributed by atoms with Crippen molar-refractivity contribution in [3.05, 3.63) is 36.8 Å². The Balaban J connectivity index is 1.45. The molecule has 140 valence electrons. The largest absolute Gasteiger partial charge is 0.476 e. The van der Waals surface area contributed by atoms with Crippen LogP contribution in [0, 0.1) is 0 Å². The molecule has 4 rings (SSSR count). The third kappa shape index (κ3) is 4.12. The zero-order chi connectivity index (χ0) is 18.5. The number of rotatable bonds is 6. The summed E-state index contributed by atoms with van der Waals surface area (Å²) in [4.78, 5) is 20.1. The summed E-state index contributed by atoms with van der Waals surface area (Å²) in [6.07, 6.45) is 5.11. The van der Waals surface area contributed by atoms with Crippen molar-refractivity contribution in [2.45, 2.75) is 0 Å². The summed E-state index contributed by atoms with van der Waals surface area (Å²) in [6, 6.07) is 5.75. The van der Waals surface area contributed by atoms with Crippen LogP contribution in [0.5, 0.6) is 5.88 Å². The van der Waals surface area contributed by atoms with Gasteiger partial charge in [-0.1, -0.05) is 0 Å². The van der Waals surface area contributed by atoms with Gasteiger partial charge in [-0.25, -0.2) is 15.0 Å². The van der Waals surface area contributed by atoms with Gasteiger partial charge in [-0.3, -0.25) is 9.88 Å².